The average molecular weight is 262 g/mol. The maximum Gasteiger partial charge on any atom is 0.142 e. The van der Waals surface area contributed by atoms with Crippen LogP contribution in [0.1, 0.15) is 5.56 Å². The van der Waals surface area contributed by atoms with Crippen molar-refractivity contribution in [1.82, 2.24) is 0 Å². The summed E-state index contributed by atoms with van der Waals surface area (Å²) >= 11 is 0. The quantitative estimate of drug-likeness (QED) is 0.879. The Morgan fingerprint density at radius 3 is 2.47 bits per heavy atom. The van der Waals surface area contributed by atoms with Gasteiger partial charge >= 0.3 is 0 Å². The van der Waals surface area contributed by atoms with Gasteiger partial charge in [0, 0.05) is 12.6 Å². The van der Waals surface area contributed by atoms with Crippen molar-refractivity contribution in [1.29, 1.82) is 5.26 Å². The zero-order chi connectivity index (χ0) is 13.9. The highest BCUT2D eigenvalue weighted by Gasteiger charge is 2.38. The molecule has 1 aromatic rings. The van der Waals surface area contributed by atoms with E-state index >= 15 is 0 Å². The van der Waals surface area contributed by atoms with E-state index in [1.54, 1.807) is 14.2 Å². The molecule has 0 saturated carbocycles. The summed E-state index contributed by atoms with van der Waals surface area (Å²) in [7, 11) is 3.26. The van der Waals surface area contributed by atoms with Crippen molar-refractivity contribution in [2.75, 3.05) is 39.3 Å². The van der Waals surface area contributed by atoms with Crippen LogP contribution in [0.15, 0.2) is 12.1 Å². The second-order valence-electron chi connectivity index (χ2n) is 4.76. The van der Waals surface area contributed by atoms with Crippen LogP contribution in [0.4, 0.5) is 5.69 Å². The van der Waals surface area contributed by atoms with E-state index in [0.29, 0.717) is 19.8 Å². The van der Waals surface area contributed by atoms with E-state index in [1.807, 2.05) is 19.1 Å². The van der Waals surface area contributed by atoms with Crippen molar-refractivity contribution in [2.45, 2.75) is 6.92 Å². The van der Waals surface area contributed by atoms with Crippen LogP contribution in [0.3, 0.4) is 0 Å². The molecule has 1 aliphatic heterocycles. The predicted octanol–water partition coefficient (Wildman–Crippen LogP) is 1.96. The van der Waals surface area contributed by atoms with Crippen LogP contribution in [0, 0.1) is 23.7 Å². The summed E-state index contributed by atoms with van der Waals surface area (Å²) in [5.41, 5.74) is 1.40. The van der Waals surface area contributed by atoms with Crippen molar-refractivity contribution in [3.05, 3.63) is 17.7 Å². The van der Waals surface area contributed by atoms with Gasteiger partial charge in [0.15, 0.2) is 0 Å². The van der Waals surface area contributed by atoms with Gasteiger partial charge < -0.3 is 19.5 Å². The Labute approximate surface area is 113 Å². The van der Waals surface area contributed by atoms with Crippen LogP contribution in [0.5, 0.6) is 11.5 Å². The number of anilines is 1. The summed E-state index contributed by atoms with van der Waals surface area (Å²) in [4.78, 5) is 0. The standard InChI is InChI=1S/C14H18N2O3/c1-10-4-13(18-3)11(5-12(10)17-2)16-7-14(6-15)8-19-9-14/h4-5,16H,7-9H2,1-3H3. The molecule has 5 nitrogen and oxygen atoms in total. The summed E-state index contributed by atoms with van der Waals surface area (Å²) in [6.07, 6.45) is 0. The third-order valence-electron chi connectivity index (χ3n) is 3.33. The number of ether oxygens (including phenoxy) is 3. The molecule has 1 N–H and O–H groups in total. The summed E-state index contributed by atoms with van der Waals surface area (Å²) in [5, 5.41) is 12.4. The molecule has 1 heterocycles. The fraction of sp³-hybridized carbons (Fsp3) is 0.500. The van der Waals surface area contributed by atoms with E-state index in [9.17, 15) is 0 Å². The fourth-order valence-electron chi connectivity index (χ4n) is 2.01. The zero-order valence-corrected chi connectivity index (χ0v) is 11.4. The molecular formula is C14H18N2O3. The maximum absolute atomic E-state index is 9.16. The Kier molecular flexibility index (Phi) is 3.82. The van der Waals surface area contributed by atoms with Crippen molar-refractivity contribution >= 4 is 5.69 Å². The summed E-state index contributed by atoms with van der Waals surface area (Å²) in [6, 6.07) is 6.10. The summed E-state index contributed by atoms with van der Waals surface area (Å²) in [5.74, 6) is 1.53. The van der Waals surface area contributed by atoms with Crippen LogP contribution >= 0.6 is 0 Å². The first-order valence-corrected chi connectivity index (χ1v) is 6.09. The molecule has 0 aromatic heterocycles. The molecule has 19 heavy (non-hydrogen) atoms. The Hall–Kier alpha value is -1.93. The van der Waals surface area contributed by atoms with Crippen molar-refractivity contribution in [2.24, 2.45) is 5.41 Å². The van der Waals surface area contributed by atoms with Gasteiger partial charge in [-0.1, -0.05) is 0 Å². The monoisotopic (exact) mass is 262 g/mol. The number of hydrogen-bond acceptors (Lipinski definition) is 5. The van der Waals surface area contributed by atoms with E-state index in [2.05, 4.69) is 11.4 Å². The minimum absolute atomic E-state index is 0.427. The van der Waals surface area contributed by atoms with Crippen LogP contribution in [-0.2, 0) is 4.74 Å². The maximum atomic E-state index is 9.16. The molecule has 102 valence electrons. The van der Waals surface area contributed by atoms with Crippen molar-refractivity contribution in [3.63, 3.8) is 0 Å². The molecule has 0 bridgehead atoms. The first-order chi connectivity index (χ1) is 9.14. The second-order valence-corrected chi connectivity index (χ2v) is 4.76. The molecule has 0 radical (unpaired) electrons. The molecule has 5 heteroatoms. The molecule has 0 spiro atoms. The zero-order valence-electron chi connectivity index (χ0n) is 11.4. The van der Waals surface area contributed by atoms with Crippen LogP contribution in [0.25, 0.3) is 0 Å². The van der Waals surface area contributed by atoms with Crippen LogP contribution in [0.2, 0.25) is 0 Å². The van der Waals surface area contributed by atoms with Gasteiger partial charge in [0.1, 0.15) is 16.9 Å². The van der Waals surface area contributed by atoms with E-state index in [1.165, 1.54) is 0 Å². The highest BCUT2D eigenvalue weighted by molar-refractivity contribution is 5.62. The number of rotatable bonds is 5. The molecule has 1 aromatic carbocycles. The molecule has 0 aliphatic carbocycles. The second kappa shape index (κ2) is 5.37. The first kappa shape index (κ1) is 13.5. The molecule has 0 amide bonds. The fourth-order valence-corrected chi connectivity index (χ4v) is 2.01. The minimum Gasteiger partial charge on any atom is -0.496 e. The topological polar surface area (TPSA) is 63.5 Å². The van der Waals surface area contributed by atoms with E-state index in [4.69, 9.17) is 19.5 Å². The lowest BCUT2D eigenvalue weighted by Gasteiger charge is -2.35. The van der Waals surface area contributed by atoms with Gasteiger partial charge in [0.2, 0.25) is 0 Å². The van der Waals surface area contributed by atoms with Crippen LogP contribution < -0.4 is 14.8 Å². The lowest BCUT2D eigenvalue weighted by atomic mass is 9.88. The predicted molar refractivity (Wildman–Crippen MR) is 71.6 cm³/mol. The lowest BCUT2D eigenvalue weighted by molar-refractivity contribution is -0.0690. The third kappa shape index (κ3) is 2.59. The SMILES string of the molecule is COc1cc(NCC2(C#N)COC2)c(OC)cc1C. The molecule has 2 rings (SSSR count). The number of methoxy groups -OCH3 is 2. The van der Waals surface area contributed by atoms with Gasteiger partial charge in [-0.2, -0.15) is 5.26 Å². The van der Waals surface area contributed by atoms with Gasteiger partial charge in [-0.3, -0.25) is 0 Å². The Balaban J connectivity index is 2.17. The number of nitrogens with zero attached hydrogens (tertiary/aromatic N) is 1. The highest BCUT2D eigenvalue weighted by Crippen LogP contribution is 2.34. The van der Waals surface area contributed by atoms with Gasteiger partial charge in [0.05, 0.1) is 39.2 Å². The number of hydrogen-bond donors (Lipinski definition) is 1. The number of nitriles is 1. The summed E-state index contributed by atoms with van der Waals surface area (Å²) < 4.78 is 15.8. The smallest absolute Gasteiger partial charge is 0.142 e. The average Bonchev–Trinajstić information content (AvgIpc) is 2.38. The number of nitrogens with one attached hydrogen (secondary N) is 1. The molecule has 1 fully saturated rings. The van der Waals surface area contributed by atoms with Crippen molar-refractivity contribution in [3.8, 4) is 17.6 Å². The minimum atomic E-state index is -0.427. The number of benzene rings is 1. The van der Waals surface area contributed by atoms with Gasteiger partial charge in [0.25, 0.3) is 0 Å². The molecule has 1 saturated heterocycles. The normalized spacial score (nSPS) is 16.1. The molecular weight excluding hydrogens is 244 g/mol. The Morgan fingerprint density at radius 2 is 2.00 bits per heavy atom. The molecule has 1 aliphatic rings. The number of aryl methyl sites for hydroxylation is 1. The molecule has 0 atom stereocenters. The van der Waals surface area contributed by atoms with Gasteiger partial charge in [-0.05, 0) is 18.6 Å². The molecule has 0 unspecified atom stereocenters. The van der Waals surface area contributed by atoms with E-state index in [-0.39, 0.29) is 0 Å². The van der Waals surface area contributed by atoms with Crippen LogP contribution in [-0.4, -0.2) is 34.0 Å². The van der Waals surface area contributed by atoms with E-state index in [0.717, 1.165) is 22.7 Å². The Morgan fingerprint density at radius 1 is 1.32 bits per heavy atom. The first-order valence-electron chi connectivity index (χ1n) is 6.09. The Bertz CT molecular complexity index is 504. The van der Waals surface area contributed by atoms with Gasteiger partial charge in [-0.25, -0.2) is 0 Å². The third-order valence-corrected chi connectivity index (χ3v) is 3.33. The van der Waals surface area contributed by atoms with E-state index < -0.39 is 5.41 Å². The van der Waals surface area contributed by atoms with Crippen molar-refractivity contribution < 1.29 is 14.2 Å². The lowest BCUT2D eigenvalue weighted by Crippen LogP contribution is -2.46. The van der Waals surface area contributed by atoms with Gasteiger partial charge in [-0.15, -0.1) is 0 Å². The highest BCUT2D eigenvalue weighted by atomic mass is 16.5. The largest absolute Gasteiger partial charge is 0.496 e. The summed E-state index contributed by atoms with van der Waals surface area (Å²) in [6.45, 7) is 3.44.